The molecule has 1 atom stereocenters. The molecule has 3 aliphatic rings. The summed E-state index contributed by atoms with van der Waals surface area (Å²) in [7, 11) is 0. The molecule has 1 N–H and O–H groups in total. The molecule has 5 rings (SSSR count). The van der Waals surface area contributed by atoms with Gasteiger partial charge in [-0.3, -0.25) is 9.69 Å². The van der Waals surface area contributed by atoms with Crippen molar-refractivity contribution >= 4 is 33.5 Å². The Balaban J connectivity index is 1.30. The van der Waals surface area contributed by atoms with Gasteiger partial charge in [-0.25, -0.2) is 14.7 Å². The second-order valence-corrected chi connectivity index (χ2v) is 11.6. The summed E-state index contributed by atoms with van der Waals surface area (Å²) < 4.78 is 1.19. The van der Waals surface area contributed by atoms with Gasteiger partial charge in [0, 0.05) is 6.54 Å². The molecule has 1 aromatic heterocycles. The van der Waals surface area contributed by atoms with Crippen LogP contribution in [0.5, 0.6) is 0 Å². The van der Waals surface area contributed by atoms with Crippen LogP contribution in [0.1, 0.15) is 70.3 Å². The normalized spacial score (nSPS) is 30.0. The summed E-state index contributed by atoms with van der Waals surface area (Å²) >= 11 is 1.73. The Hall–Kier alpha value is -1.99. The standard InChI is InChI=1S/C24H32N4O2S/c1-23(2,3)16-10-12-24(13-11-16)21(29)28(22(30)26-24)15-27-14-6-8-18(27)20-25-17-7-4-5-9-19(17)31-20/h4-5,7,9,16,18H,6,8,10-15H2,1-3H3,(H,26,30)/t16?,18-,24?/m0/s1. The summed E-state index contributed by atoms with van der Waals surface area (Å²) in [5.74, 6) is 0.568. The van der Waals surface area contributed by atoms with Gasteiger partial charge < -0.3 is 5.32 Å². The largest absolute Gasteiger partial charge is 0.326 e. The van der Waals surface area contributed by atoms with Gasteiger partial charge in [-0.2, -0.15) is 0 Å². The highest BCUT2D eigenvalue weighted by molar-refractivity contribution is 7.18. The first kappa shape index (κ1) is 20.9. The number of thiazole rings is 1. The first-order chi connectivity index (χ1) is 14.8. The van der Waals surface area contributed by atoms with Crippen molar-refractivity contribution in [2.24, 2.45) is 11.3 Å². The molecule has 3 heterocycles. The molecule has 166 valence electrons. The van der Waals surface area contributed by atoms with E-state index in [9.17, 15) is 9.59 Å². The fourth-order valence-corrected chi connectivity index (χ4v) is 6.75. The zero-order valence-electron chi connectivity index (χ0n) is 18.7. The lowest BCUT2D eigenvalue weighted by Crippen LogP contribution is -2.51. The number of nitrogens with zero attached hydrogens (tertiary/aromatic N) is 3. The van der Waals surface area contributed by atoms with Crippen molar-refractivity contribution in [1.82, 2.24) is 20.1 Å². The Labute approximate surface area is 188 Å². The molecular weight excluding hydrogens is 408 g/mol. The Morgan fingerprint density at radius 2 is 1.90 bits per heavy atom. The maximum Gasteiger partial charge on any atom is 0.326 e. The lowest BCUT2D eigenvalue weighted by atomic mass is 9.67. The number of fused-ring (bicyclic) bond motifs is 1. The number of likely N-dealkylation sites (tertiary alicyclic amines) is 1. The second kappa shape index (κ2) is 7.55. The predicted molar refractivity (Wildman–Crippen MR) is 123 cm³/mol. The van der Waals surface area contributed by atoms with E-state index in [4.69, 9.17) is 4.98 Å². The minimum absolute atomic E-state index is 0.0280. The molecule has 0 bridgehead atoms. The number of imide groups is 1. The van der Waals surface area contributed by atoms with Crippen LogP contribution >= 0.6 is 11.3 Å². The number of carbonyl (C=O) groups excluding carboxylic acids is 2. The van der Waals surface area contributed by atoms with E-state index in [2.05, 4.69) is 37.1 Å². The smallest absolute Gasteiger partial charge is 0.323 e. The third kappa shape index (κ3) is 3.65. The van der Waals surface area contributed by atoms with E-state index >= 15 is 0 Å². The molecule has 7 heteroatoms. The summed E-state index contributed by atoms with van der Waals surface area (Å²) in [6.45, 7) is 8.05. The van der Waals surface area contributed by atoms with Crippen molar-refractivity contribution in [1.29, 1.82) is 0 Å². The fraction of sp³-hybridized carbons (Fsp3) is 0.625. The van der Waals surface area contributed by atoms with Crippen LogP contribution in [0.25, 0.3) is 10.2 Å². The SMILES string of the molecule is CC(C)(C)C1CCC2(CC1)NC(=O)N(CN1CCC[C@H]1c1nc3ccccc3s1)C2=O. The van der Waals surface area contributed by atoms with Crippen LogP contribution in [0, 0.1) is 11.3 Å². The van der Waals surface area contributed by atoms with Gasteiger partial charge in [-0.05, 0) is 62.0 Å². The van der Waals surface area contributed by atoms with E-state index in [1.165, 1.54) is 9.60 Å². The van der Waals surface area contributed by atoms with E-state index in [-0.39, 0.29) is 23.4 Å². The molecule has 1 spiro atoms. The number of amides is 3. The van der Waals surface area contributed by atoms with Crippen molar-refractivity contribution in [2.45, 2.75) is 70.9 Å². The summed E-state index contributed by atoms with van der Waals surface area (Å²) in [6.07, 6.45) is 5.54. The molecule has 2 saturated heterocycles. The Morgan fingerprint density at radius 1 is 1.16 bits per heavy atom. The number of hydrogen-bond acceptors (Lipinski definition) is 5. The predicted octanol–water partition coefficient (Wildman–Crippen LogP) is 4.92. The first-order valence-corrected chi connectivity index (χ1v) is 12.3. The van der Waals surface area contributed by atoms with Gasteiger partial charge in [-0.15, -0.1) is 11.3 Å². The number of nitrogens with one attached hydrogen (secondary N) is 1. The topological polar surface area (TPSA) is 65.5 Å². The van der Waals surface area contributed by atoms with Crippen molar-refractivity contribution < 1.29 is 9.59 Å². The molecule has 0 unspecified atom stereocenters. The molecule has 3 amide bonds. The second-order valence-electron chi connectivity index (χ2n) is 10.5. The number of para-hydroxylation sites is 1. The maximum absolute atomic E-state index is 13.4. The molecule has 3 fully saturated rings. The minimum atomic E-state index is -0.691. The number of aromatic nitrogens is 1. The monoisotopic (exact) mass is 440 g/mol. The van der Waals surface area contributed by atoms with E-state index in [0.29, 0.717) is 12.6 Å². The molecule has 0 radical (unpaired) electrons. The van der Waals surface area contributed by atoms with E-state index in [1.807, 2.05) is 18.2 Å². The van der Waals surface area contributed by atoms with Gasteiger partial charge in [0.1, 0.15) is 10.5 Å². The number of carbonyl (C=O) groups is 2. The van der Waals surface area contributed by atoms with Crippen molar-refractivity contribution in [2.75, 3.05) is 13.2 Å². The number of rotatable bonds is 3. The lowest BCUT2D eigenvalue weighted by Gasteiger charge is -2.40. The minimum Gasteiger partial charge on any atom is -0.323 e. The summed E-state index contributed by atoms with van der Waals surface area (Å²) in [5.41, 5.74) is 0.579. The van der Waals surface area contributed by atoms with E-state index in [1.54, 1.807) is 11.3 Å². The third-order valence-corrected chi connectivity index (χ3v) is 8.73. The Morgan fingerprint density at radius 3 is 2.61 bits per heavy atom. The molecule has 31 heavy (non-hydrogen) atoms. The van der Waals surface area contributed by atoms with E-state index in [0.717, 1.165) is 55.6 Å². The van der Waals surface area contributed by atoms with Gasteiger partial charge in [-0.1, -0.05) is 32.9 Å². The molecule has 2 aromatic rings. The molecule has 1 aromatic carbocycles. The van der Waals surface area contributed by atoms with Crippen LogP contribution in [0.3, 0.4) is 0 Å². The maximum atomic E-state index is 13.4. The molecule has 1 saturated carbocycles. The molecule has 1 aliphatic carbocycles. The Kier molecular flexibility index (Phi) is 5.09. The zero-order valence-corrected chi connectivity index (χ0v) is 19.5. The summed E-state index contributed by atoms with van der Waals surface area (Å²) in [5, 5.41) is 4.18. The van der Waals surface area contributed by atoms with Crippen LogP contribution < -0.4 is 5.32 Å². The van der Waals surface area contributed by atoms with Crippen LogP contribution in [0.4, 0.5) is 4.79 Å². The number of benzene rings is 1. The van der Waals surface area contributed by atoms with Crippen molar-refractivity contribution in [3.63, 3.8) is 0 Å². The number of hydrogen-bond donors (Lipinski definition) is 1. The van der Waals surface area contributed by atoms with Crippen molar-refractivity contribution in [3.8, 4) is 0 Å². The fourth-order valence-electron chi connectivity index (χ4n) is 5.61. The van der Waals surface area contributed by atoms with Gasteiger partial charge in [0.2, 0.25) is 0 Å². The van der Waals surface area contributed by atoms with Gasteiger partial charge in [0.05, 0.1) is 22.9 Å². The van der Waals surface area contributed by atoms with Crippen LogP contribution in [-0.4, -0.2) is 45.5 Å². The van der Waals surface area contributed by atoms with Crippen LogP contribution in [0.15, 0.2) is 24.3 Å². The van der Waals surface area contributed by atoms with Gasteiger partial charge in [0.25, 0.3) is 5.91 Å². The Bertz CT molecular complexity index is 969. The lowest BCUT2D eigenvalue weighted by molar-refractivity contribution is -0.134. The van der Waals surface area contributed by atoms with Crippen molar-refractivity contribution in [3.05, 3.63) is 29.3 Å². The molecular formula is C24H32N4O2S. The van der Waals surface area contributed by atoms with E-state index < -0.39 is 5.54 Å². The highest BCUT2D eigenvalue weighted by Gasteiger charge is 2.53. The molecule has 6 nitrogen and oxygen atoms in total. The third-order valence-electron chi connectivity index (χ3n) is 7.59. The molecule has 2 aliphatic heterocycles. The quantitative estimate of drug-likeness (QED) is 0.688. The van der Waals surface area contributed by atoms with Gasteiger partial charge >= 0.3 is 6.03 Å². The van der Waals surface area contributed by atoms with Crippen LogP contribution in [0.2, 0.25) is 0 Å². The average Bonchev–Trinajstić information content (AvgIpc) is 3.41. The van der Waals surface area contributed by atoms with Crippen LogP contribution in [-0.2, 0) is 4.79 Å². The highest BCUT2D eigenvalue weighted by atomic mass is 32.1. The first-order valence-electron chi connectivity index (χ1n) is 11.5. The summed E-state index contributed by atoms with van der Waals surface area (Å²) in [4.78, 5) is 34.9. The van der Waals surface area contributed by atoms with Gasteiger partial charge in [0.15, 0.2) is 0 Å². The average molecular weight is 441 g/mol. The zero-order chi connectivity index (χ0) is 21.8. The highest BCUT2D eigenvalue weighted by Crippen LogP contribution is 2.44. The number of urea groups is 1. The summed E-state index contributed by atoms with van der Waals surface area (Å²) in [6, 6.07) is 8.14.